The summed E-state index contributed by atoms with van der Waals surface area (Å²) >= 11 is 11.0. The van der Waals surface area contributed by atoms with Crippen LogP contribution in [0.2, 0.25) is 5.02 Å². The van der Waals surface area contributed by atoms with Crippen molar-refractivity contribution in [1.29, 1.82) is 0 Å². The van der Waals surface area contributed by atoms with Crippen molar-refractivity contribution in [2.75, 3.05) is 19.7 Å². The summed E-state index contributed by atoms with van der Waals surface area (Å²) in [5.41, 5.74) is 0.237. The van der Waals surface area contributed by atoms with Crippen molar-refractivity contribution in [2.45, 2.75) is 18.8 Å². The van der Waals surface area contributed by atoms with Gasteiger partial charge in [-0.2, -0.15) is 0 Å². The Labute approximate surface area is 121 Å². The molecule has 1 fully saturated rings. The molecule has 0 bridgehead atoms. The predicted octanol–water partition coefficient (Wildman–Crippen LogP) is 2.68. The summed E-state index contributed by atoms with van der Waals surface area (Å²) < 4.78 is 14.0. The fourth-order valence-corrected chi connectivity index (χ4v) is 2.92. The Morgan fingerprint density at radius 2 is 2.21 bits per heavy atom. The topological polar surface area (TPSA) is 43.7 Å². The van der Waals surface area contributed by atoms with Crippen LogP contribution in [0.4, 0.5) is 4.39 Å². The molecule has 2 N–H and O–H groups in total. The highest BCUT2D eigenvalue weighted by molar-refractivity contribution is 7.80. The summed E-state index contributed by atoms with van der Waals surface area (Å²) in [5.74, 6) is -0.845. The van der Waals surface area contributed by atoms with Crippen LogP contribution in [0.1, 0.15) is 24.3 Å². The van der Waals surface area contributed by atoms with Crippen molar-refractivity contribution in [1.82, 2.24) is 4.90 Å². The molecule has 1 unspecified atom stereocenters. The van der Waals surface area contributed by atoms with E-state index in [1.54, 1.807) is 0 Å². The zero-order valence-electron chi connectivity index (χ0n) is 10.3. The lowest BCUT2D eigenvalue weighted by molar-refractivity contribution is 0.269. The second-order valence-electron chi connectivity index (χ2n) is 4.61. The molecule has 19 heavy (non-hydrogen) atoms. The van der Waals surface area contributed by atoms with Crippen LogP contribution in [-0.4, -0.2) is 39.8 Å². The predicted molar refractivity (Wildman–Crippen MR) is 76.3 cm³/mol. The fraction of sp³-hybridized carbons (Fsp3) is 0.462. The smallest absolute Gasteiger partial charge is 0.149 e. The third-order valence-electron chi connectivity index (χ3n) is 3.32. The van der Waals surface area contributed by atoms with Crippen LogP contribution in [0.15, 0.2) is 12.1 Å². The first-order chi connectivity index (χ1) is 9.04. The fourth-order valence-electron chi connectivity index (χ4n) is 2.39. The number of thiocarbonyl (C=S) groups is 1. The SMILES string of the molecule is OCCCN1CC(c2c(O)ccc(Cl)c2F)CC1=S. The van der Waals surface area contributed by atoms with E-state index in [1.165, 1.54) is 12.1 Å². The number of hydrogen-bond donors (Lipinski definition) is 2. The van der Waals surface area contributed by atoms with Gasteiger partial charge in [0.25, 0.3) is 0 Å². The number of aliphatic hydroxyl groups excluding tert-OH is 1. The van der Waals surface area contributed by atoms with Crippen molar-refractivity contribution in [3.8, 4) is 5.75 Å². The lowest BCUT2D eigenvalue weighted by Crippen LogP contribution is -2.25. The third kappa shape index (κ3) is 2.99. The second kappa shape index (κ2) is 6.03. The monoisotopic (exact) mass is 303 g/mol. The molecule has 104 valence electrons. The van der Waals surface area contributed by atoms with Crippen LogP contribution in [-0.2, 0) is 0 Å². The van der Waals surface area contributed by atoms with Crippen molar-refractivity contribution in [2.24, 2.45) is 0 Å². The van der Waals surface area contributed by atoms with Crippen LogP contribution < -0.4 is 0 Å². The van der Waals surface area contributed by atoms with Crippen LogP contribution in [0.5, 0.6) is 5.75 Å². The van der Waals surface area contributed by atoms with Crippen molar-refractivity contribution >= 4 is 28.8 Å². The number of nitrogens with zero attached hydrogens (tertiary/aromatic N) is 1. The maximum Gasteiger partial charge on any atom is 0.149 e. The Morgan fingerprint density at radius 3 is 2.89 bits per heavy atom. The van der Waals surface area contributed by atoms with Gasteiger partial charge in [0.1, 0.15) is 11.6 Å². The van der Waals surface area contributed by atoms with Gasteiger partial charge in [0.15, 0.2) is 0 Å². The minimum Gasteiger partial charge on any atom is -0.508 e. The molecule has 1 heterocycles. The van der Waals surface area contributed by atoms with Crippen LogP contribution >= 0.6 is 23.8 Å². The van der Waals surface area contributed by atoms with E-state index >= 15 is 0 Å². The molecule has 0 aromatic heterocycles. The average Bonchev–Trinajstić information content (AvgIpc) is 2.73. The summed E-state index contributed by atoms with van der Waals surface area (Å²) in [5, 5.41) is 18.7. The average molecular weight is 304 g/mol. The van der Waals surface area contributed by atoms with Crippen LogP contribution in [0.25, 0.3) is 0 Å². The molecule has 1 aliphatic rings. The number of hydrogen-bond acceptors (Lipinski definition) is 3. The molecule has 1 atom stereocenters. The molecule has 6 heteroatoms. The lowest BCUT2D eigenvalue weighted by Gasteiger charge is -2.18. The van der Waals surface area contributed by atoms with Gasteiger partial charge < -0.3 is 15.1 Å². The molecular formula is C13H15ClFNO2S. The first-order valence-electron chi connectivity index (χ1n) is 6.10. The highest BCUT2D eigenvalue weighted by Crippen LogP contribution is 2.38. The molecule has 1 aliphatic heterocycles. The minimum absolute atomic E-state index is 0.00697. The Morgan fingerprint density at radius 1 is 1.47 bits per heavy atom. The van der Waals surface area contributed by atoms with Gasteiger partial charge in [0, 0.05) is 37.6 Å². The van der Waals surface area contributed by atoms with Gasteiger partial charge in [-0.25, -0.2) is 4.39 Å². The van der Waals surface area contributed by atoms with E-state index in [9.17, 15) is 9.50 Å². The molecule has 1 aromatic carbocycles. The molecule has 0 spiro atoms. The molecule has 0 saturated carbocycles. The first-order valence-corrected chi connectivity index (χ1v) is 6.88. The quantitative estimate of drug-likeness (QED) is 0.840. The largest absolute Gasteiger partial charge is 0.508 e. The van der Waals surface area contributed by atoms with Gasteiger partial charge in [0.05, 0.1) is 10.0 Å². The van der Waals surface area contributed by atoms with E-state index in [1.807, 2.05) is 4.90 Å². The number of rotatable bonds is 4. The summed E-state index contributed by atoms with van der Waals surface area (Å²) in [4.78, 5) is 2.67. The Balaban J connectivity index is 2.21. The molecule has 3 nitrogen and oxygen atoms in total. The van der Waals surface area contributed by atoms with Gasteiger partial charge in [-0.05, 0) is 18.6 Å². The molecule has 2 rings (SSSR count). The van der Waals surface area contributed by atoms with Crippen molar-refractivity contribution in [3.05, 3.63) is 28.5 Å². The Kier molecular flexibility index (Phi) is 4.60. The van der Waals surface area contributed by atoms with Gasteiger partial charge in [0.2, 0.25) is 0 Å². The van der Waals surface area contributed by atoms with Crippen molar-refractivity contribution in [3.63, 3.8) is 0 Å². The van der Waals surface area contributed by atoms with E-state index in [0.29, 0.717) is 25.9 Å². The van der Waals surface area contributed by atoms with Crippen LogP contribution in [0, 0.1) is 5.82 Å². The number of phenols is 1. The summed E-state index contributed by atoms with van der Waals surface area (Å²) in [6.45, 7) is 1.29. The second-order valence-corrected chi connectivity index (χ2v) is 5.49. The lowest BCUT2D eigenvalue weighted by atomic mass is 9.97. The number of phenolic OH excluding ortho intramolecular Hbond substituents is 1. The molecule has 0 radical (unpaired) electrons. The number of aromatic hydroxyl groups is 1. The van der Waals surface area contributed by atoms with Gasteiger partial charge in [-0.15, -0.1) is 0 Å². The normalized spacial score (nSPS) is 19.2. The van der Waals surface area contributed by atoms with Crippen LogP contribution in [0.3, 0.4) is 0 Å². The number of likely N-dealkylation sites (tertiary alicyclic amines) is 1. The Hall–Kier alpha value is -0.910. The molecule has 0 aliphatic carbocycles. The number of halogens is 2. The van der Waals surface area contributed by atoms with Gasteiger partial charge in [-0.3, -0.25) is 0 Å². The highest BCUT2D eigenvalue weighted by atomic mass is 35.5. The zero-order chi connectivity index (χ0) is 14.0. The van der Waals surface area contributed by atoms with E-state index in [2.05, 4.69) is 0 Å². The summed E-state index contributed by atoms with van der Waals surface area (Å²) in [7, 11) is 0. The standard InChI is InChI=1S/C13H15ClFNO2S/c14-9-2-3-10(18)12(13(9)15)8-6-11(19)16(7-8)4-1-5-17/h2-3,8,17-18H,1,4-7H2. The molecule has 0 amide bonds. The maximum absolute atomic E-state index is 14.0. The van der Waals surface area contributed by atoms with Gasteiger partial charge in [-0.1, -0.05) is 23.8 Å². The highest BCUT2D eigenvalue weighted by Gasteiger charge is 2.31. The van der Waals surface area contributed by atoms with Gasteiger partial charge >= 0.3 is 0 Å². The van der Waals surface area contributed by atoms with E-state index in [-0.39, 0.29) is 28.9 Å². The van der Waals surface area contributed by atoms with Crippen molar-refractivity contribution < 1.29 is 14.6 Å². The molecule has 1 saturated heterocycles. The molecular weight excluding hydrogens is 289 g/mol. The molecule has 1 aromatic rings. The first kappa shape index (κ1) is 14.5. The summed E-state index contributed by atoms with van der Waals surface area (Å²) in [6.07, 6.45) is 1.14. The van der Waals surface area contributed by atoms with E-state index in [0.717, 1.165) is 4.99 Å². The summed E-state index contributed by atoms with van der Waals surface area (Å²) in [6, 6.07) is 2.74. The number of benzene rings is 1. The zero-order valence-corrected chi connectivity index (χ0v) is 11.8. The maximum atomic E-state index is 14.0. The van der Waals surface area contributed by atoms with E-state index in [4.69, 9.17) is 28.9 Å². The number of aliphatic hydroxyl groups is 1. The van der Waals surface area contributed by atoms with E-state index < -0.39 is 5.82 Å². The third-order valence-corrected chi connectivity index (χ3v) is 4.04. The minimum atomic E-state index is -0.571. The Bertz CT molecular complexity index is 498.